The third kappa shape index (κ3) is 5.11. The summed E-state index contributed by atoms with van der Waals surface area (Å²) in [5.74, 6) is 0.184. The van der Waals surface area contributed by atoms with Crippen molar-refractivity contribution < 1.29 is 4.79 Å². The van der Waals surface area contributed by atoms with Crippen LogP contribution in [0.4, 0.5) is 0 Å². The maximum Gasteiger partial charge on any atom is 0.223 e. The van der Waals surface area contributed by atoms with Gasteiger partial charge in [-0.2, -0.15) is 5.26 Å². The lowest BCUT2D eigenvalue weighted by atomic mass is 10.1. The number of benzene rings is 1. The second-order valence-electron chi connectivity index (χ2n) is 4.30. The van der Waals surface area contributed by atoms with Gasteiger partial charge in [-0.1, -0.05) is 12.1 Å². The molecule has 0 unspecified atom stereocenters. The Morgan fingerprint density at radius 3 is 2.74 bits per heavy atom. The molecule has 1 N–H and O–H groups in total. The molecule has 0 saturated heterocycles. The third-order valence-corrected chi connectivity index (χ3v) is 3.02. The van der Waals surface area contributed by atoms with Crippen molar-refractivity contribution in [3.8, 4) is 6.07 Å². The highest BCUT2D eigenvalue weighted by atomic mass is 16.2. The second kappa shape index (κ2) is 8.28. The molecule has 4 nitrogen and oxygen atoms in total. The van der Waals surface area contributed by atoms with Crippen molar-refractivity contribution in [2.75, 3.05) is 19.6 Å². The zero-order chi connectivity index (χ0) is 14.1. The molecule has 0 aliphatic heterocycles. The van der Waals surface area contributed by atoms with E-state index in [1.54, 1.807) is 6.07 Å². The number of hydrogen-bond acceptors (Lipinski definition) is 3. The summed E-state index contributed by atoms with van der Waals surface area (Å²) in [7, 11) is 0. The molecule has 1 aromatic carbocycles. The number of nitrogens with one attached hydrogen (secondary N) is 1. The summed E-state index contributed by atoms with van der Waals surface area (Å²) in [6, 6.07) is 9.61. The number of rotatable bonds is 7. The molecule has 1 rings (SSSR count). The van der Waals surface area contributed by atoms with Gasteiger partial charge in [0.15, 0.2) is 0 Å². The Hall–Kier alpha value is -1.86. The average Bonchev–Trinajstić information content (AvgIpc) is 2.45. The first-order valence-corrected chi connectivity index (χ1v) is 6.68. The standard InChI is InChI=1S/C15H21N3O/c1-3-18(4-2)15(19)8-9-17-12-14-7-5-6-13(10-14)11-16/h5-7,10,17H,3-4,8-9,12H2,1-2H3. The van der Waals surface area contributed by atoms with Crippen LogP contribution in [0.25, 0.3) is 0 Å². The van der Waals surface area contributed by atoms with Crippen LogP contribution < -0.4 is 5.32 Å². The summed E-state index contributed by atoms with van der Waals surface area (Å²) in [4.78, 5) is 13.6. The van der Waals surface area contributed by atoms with Gasteiger partial charge >= 0.3 is 0 Å². The number of nitrogens with zero attached hydrogens (tertiary/aromatic N) is 2. The molecular formula is C15H21N3O. The summed E-state index contributed by atoms with van der Waals surface area (Å²) in [5.41, 5.74) is 1.73. The fourth-order valence-corrected chi connectivity index (χ4v) is 1.91. The summed E-state index contributed by atoms with van der Waals surface area (Å²) < 4.78 is 0. The van der Waals surface area contributed by atoms with Gasteiger partial charge in [0.25, 0.3) is 0 Å². The van der Waals surface area contributed by atoms with E-state index in [9.17, 15) is 4.79 Å². The first kappa shape index (κ1) is 15.2. The zero-order valence-corrected chi connectivity index (χ0v) is 11.6. The van der Waals surface area contributed by atoms with E-state index in [-0.39, 0.29) is 5.91 Å². The number of nitriles is 1. The predicted molar refractivity (Wildman–Crippen MR) is 75.4 cm³/mol. The molecule has 0 heterocycles. The lowest BCUT2D eigenvalue weighted by Gasteiger charge is -2.18. The maximum atomic E-state index is 11.8. The molecule has 102 valence electrons. The highest BCUT2D eigenvalue weighted by Gasteiger charge is 2.08. The summed E-state index contributed by atoms with van der Waals surface area (Å²) in [5, 5.41) is 12.0. The molecule has 0 bridgehead atoms. The quantitative estimate of drug-likeness (QED) is 0.761. The maximum absolute atomic E-state index is 11.8. The van der Waals surface area contributed by atoms with Crippen LogP contribution in [0.2, 0.25) is 0 Å². The highest BCUT2D eigenvalue weighted by Crippen LogP contribution is 2.03. The summed E-state index contributed by atoms with van der Waals surface area (Å²) in [6.45, 7) is 6.84. The van der Waals surface area contributed by atoms with Crippen molar-refractivity contribution in [3.05, 3.63) is 35.4 Å². The monoisotopic (exact) mass is 259 g/mol. The Bertz CT molecular complexity index is 447. The first-order chi connectivity index (χ1) is 9.21. The average molecular weight is 259 g/mol. The Balaban J connectivity index is 2.31. The molecule has 0 atom stereocenters. The Labute approximate surface area is 115 Å². The van der Waals surface area contributed by atoms with Crippen LogP contribution in [0.3, 0.4) is 0 Å². The number of carbonyl (C=O) groups excluding carboxylic acids is 1. The van der Waals surface area contributed by atoms with E-state index < -0.39 is 0 Å². The van der Waals surface area contributed by atoms with Crippen LogP contribution in [0.15, 0.2) is 24.3 Å². The number of carbonyl (C=O) groups is 1. The van der Waals surface area contributed by atoms with Gasteiger partial charge < -0.3 is 10.2 Å². The lowest BCUT2D eigenvalue weighted by Crippen LogP contribution is -2.32. The first-order valence-electron chi connectivity index (χ1n) is 6.68. The SMILES string of the molecule is CCN(CC)C(=O)CCNCc1cccc(C#N)c1. The van der Waals surface area contributed by atoms with Crippen molar-refractivity contribution in [3.63, 3.8) is 0 Å². The third-order valence-electron chi connectivity index (χ3n) is 3.02. The van der Waals surface area contributed by atoms with Gasteiger partial charge in [-0.25, -0.2) is 0 Å². The molecule has 0 fully saturated rings. The van der Waals surface area contributed by atoms with Crippen molar-refractivity contribution in [2.24, 2.45) is 0 Å². The van der Waals surface area contributed by atoms with Crippen molar-refractivity contribution >= 4 is 5.91 Å². The summed E-state index contributed by atoms with van der Waals surface area (Å²) >= 11 is 0. The molecule has 0 aliphatic carbocycles. The lowest BCUT2D eigenvalue weighted by molar-refractivity contribution is -0.130. The van der Waals surface area contributed by atoms with Gasteiger partial charge in [-0.15, -0.1) is 0 Å². The van der Waals surface area contributed by atoms with E-state index >= 15 is 0 Å². The molecular weight excluding hydrogens is 238 g/mol. The second-order valence-corrected chi connectivity index (χ2v) is 4.30. The zero-order valence-electron chi connectivity index (χ0n) is 11.6. The molecule has 0 saturated carbocycles. The van der Waals surface area contributed by atoms with Crippen LogP contribution in [-0.4, -0.2) is 30.4 Å². The van der Waals surface area contributed by atoms with Gasteiger partial charge in [0.1, 0.15) is 0 Å². The molecule has 1 amide bonds. The fraction of sp³-hybridized carbons (Fsp3) is 0.467. The molecule has 0 aromatic heterocycles. The van der Waals surface area contributed by atoms with Crippen LogP contribution in [-0.2, 0) is 11.3 Å². The molecule has 0 aliphatic rings. The topological polar surface area (TPSA) is 56.1 Å². The number of amides is 1. The molecule has 4 heteroatoms. The van der Waals surface area contributed by atoms with Crippen LogP contribution in [0.1, 0.15) is 31.4 Å². The van der Waals surface area contributed by atoms with Gasteiger partial charge in [0.2, 0.25) is 5.91 Å². The summed E-state index contributed by atoms with van der Waals surface area (Å²) in [6.07, 6.45) is 0.514. The van der Waals surface area contributed by atoms with Crippen molar-refractivity contribution in [2.45, 2.75) is 26.8 Å². The minimum absolute atomic E-state index is 0.184. The normalized spacial score (nSPS) is 9.95. The van der Waals surface area contributed by atoms with Gasteiger partial charge in [0, 0.05) is 32.6 Å². The van der Waals surface area contributed by atoms with E-state index in [0.29, 0.717) is 25.1 Å². The Morgan fingerprint density at radius 2 is 2.11 bits per heavy atom. The Kier molecular flexibility index (Phi) is 6.62. The fourth-order valence-electron chi connectivity index (χ4n) is 1.91. The van der Waals surface area contributed by atoms with Gasteiger partial charge in [-0.05, 0) is 31.5 Å². The van der Waals surface area contributed by atoms with Crippen molar-refractivity contribution in [1.82, 2.24) is 10.2 Å². The van der Waals surface area contributed by atoms with Crippen LogP contribution in [0.5, 0.6) is 0 Å². The molecule has 0 spiro atoms. The highest BCUT2D eigenvalue weighted by molar-refractivity contribution is 5.76. The molecule has 19 heavy (non-hydrogen) atoms. The minimum atomic E-state index is 0.184. The molecule has 0 radical (unpaired) electrons. The predicted octanol–water partition coefficient (Wildman–Crippen LogP) is 1.91. The van der Waals surface area contributed by atoms with E-state index in [0.717, 1.165) is 18.7 Å². The van der Waals surface area contributed by atoms with Crippen LogP contribution >= 0.6 is 0 Å². The van der Waals surface area contributed by atoms with Gasteiger partial charge in [0.05, 0.1) is 11.6 Å². The number of hydrogen-bond donors (Lipinski definition) is 1. The van der Waals surface area contributed by atoms with E-state index in [1.807, 2.05) is 36.9 Å². The smallest absolute Gasteiger partial charge is 0.223 e. The molecule has 1 aromatic rings. The van der Waals surface area contributed by atoms with Crippen LogP contribution in [0, 0.1) is 11.3 Å². The van der Waals surface area contributed by atoms with Crippen molar-refractivity contribution in [1.29, 1.82) is 5.26 Å². The van der Waals surface area contributed by atoms with E-state index in [4.69, 9.17) is 5.26 Å². The van der Waals surface area contributed by atoms with E-state index in [1.165, 1.54) is 0 Å². The largest absolute Gasteiger partial charge is 0.343 e. The van der Waals surface area contributed by atoms with E-state index in [2.05, 4.69) is 11.4 Å². The van der Waals surface area contributed by atoms with Gasteiger partial charge in [-0.3, -0.25) is 4.79 Å². The minimum Gasteiger partial charge on any atom is -0.343 e. The Morgan fingerprint density at radius 1 is 1.37 bits per heavy atom.